The van der Waals surface area contributed by atoms with Crippen molar-refractivity contribution in [1.29, 1.82) is 0 Å². The molecule has 2 saturated heterocycles. The molecule has 11 heteroatoms. The minimum atomic E-state index is -0.956. The Hall–Kier alpha value is -3.57. The number of anilines is 2. The molecule has 4 heterocycles. The van der Waals surface area contributed by atoms with Crippen molar-refractivity contribution < 1.29 is 13.9 Å². The van der Waals surface area contributed by atoms with Gasteiger partial charge in [0.25, 0.3) is 0 Å². The summed E-state index contributed by atoms with van der Waals surface area (Å²) in [5, 5.41) is 10.6. The zero-order valence-electron chi connectivity index (χ0n) is 23.0. The number of hydrogen-bond acceptors (Lipinski definition) is 7. The topological polar surface area (TPSA) is 100 Å². The van der Waals surface area contributed by atoms with E-state index in [1.165, 1.54) is 0 Å². The van der Waals surface area contributed by atoms with Gasteiger partial charge in [0.2, 0.25) is 5.95 Å². The van der Waals surface area contributed by atoms with Crippen molar-refractivity contribution in [3.8, 4) is 11.3 Å². The Morgan fingerprint density at radius 1 is 1.23 bits per heavy atom. The van der Waals surface area contributed by atoms with Gasteiger partial charge in [-0.25, -0.2) is 19.2 Å². The Morgan fingerprint density at radius 3 is 2.79 bits per heavy atom. The lowest BCUT2D eigenvalue weighted by Gasteiger charge is -2.39. The number of nitrogens with zero attached hydrogens (tertiary/aromatic N) is 6. The van der Waals surface area contributed by atoms with E-state index in [0.29, 0.717) is 37.8 Å². The summed E-state index contributed by atoms with van der Waals surface area (Å²) < 4.78 is 22.0. The number of hydrogen-bond donors (Lipinski definition) is 2. The van der Waals surface area contributed by atoms with Crippen LogP contribution in [-0.2, 0) is 11.3 Å². The second-order valence-corrected chi connectivity index (χ2v) is 10.7. The first-order valence-electron chi connectivity index (χ1n) is 13.5. The van der Waals surface area contributed by atoms with Gasteiger partial charge in [-0.05, 0) is 57.5 Å². The fourth-order valence-electron chi connectivity index (χ4n) is 5.05. The molecule has 2 aliphatic heterocycles. The summed E-state index contributed by atoms with van der Waals surface area (Å²) in [5.41, 5.74) is 4.54. The highest BCUT2D eigenvalue weighted by molar-refractivity contribution is 5.75. The number of rotatable bonds is 8. The van der Waals surface area contributed by atoms with Gasteiger partial charge >= 0.3 is 6.03 Å². The quantitative estimate of drug-likeness (QED) is 0.450. The second-order valence-electron chi connectivity index (χ2n) is 10.7. The Balaban J connectivity index is 1.18. The minimum Gasteiger partial charge on any atom is -0.372 e. The van der Waals surface area contributed by atoms with E-state index in [2.05, 4.69) is 31.8 Å². The number of ether oxygens (including phenoxy) is 1. The Bertz CT molecular complexity index is 1290. The summed E-state index contributed by atoms with van der Waals surface area (Å²) in [7, 11) is 1.93. The Morgan fingerprint density at radius 2 is 2.05 bits per heavy atom. The number of likely N-dealkylation sites (tertiary alicyclic amines) is 2. The number of nitrogens with one attached hydrogen (secondary N) is 2. The van der Waals surface area contributed by atoms with Crippen molar-refractivity contribution in [3.63, 3.8) is 0 Å². The predicted molar refractivity (Wildman–Crippen MR) is 148 cm³/mol. The molecule has 2 fully saturated rings. The summed E-state index contributed by atoms with van der Waals surface area (Å²) in [6, 6.07) is 7.59. The molecule has 0 bridgehead atoms. The van der Waals surface area contributed by atoms with Crippen LogP contribution in [0.3, 0.4) is 0 Å². The van der Waals surface area contributed by atoms with Gasteiger partial charge in [-0.1, -0.05) is 12.1 Å². The van der Waals surface area contributed by atoms with Crippen LogP contribution >= 0.6 is 0 Å². The normalized spacial score (nSPS) is 20.2. The third kappa shape index (κ3) is 6.54. The fourth-order valence-corrected chi connectivity index (χ4v) is 5.05. The molecule has 2 aromatic heterocycles. The van der Waals surface area contributed by atoms with Gasteiger partial charge in [0.05, 0.1) is 48.9 Å². The van der Waals surface area contributed by atoms with Crippen LogP contribution in [0, 0.1) is 6.92 Å². The average molecular weight is 537 g/mol. The number of amides is 2. The number of alkyl halides is 1. The largest absolute Gasteiger partial charge is 0.372 e. The highest BCUT2D eigenvalue weighted by atomic mass is 19.1. The van der Waals surface area contributed by atoms with Crippen LogP contribution < -0.4 is 10.6 Å². The smallest absolute Gasteiger partial charge is 0.317 e. The second kappa shape index (κ2) is 11.7. The molecule has 0 spiro atoms. The first-order valence-corrected chi connectivity index (χ1v) is 13.5. The first kappa shape index (κ1) is 27.0. The van der Waals surface area contributed by atoms with Crippen LogP contribution in [0.2, 0.25) is 0 Å². The van der Waals surface area contributed by atoms with E-state index in [9.17, 15) is 9.18 Å². The van der Waals surface area contributed by atoms with E-state index in [0.717, 1.165) is 35.3 Å². The molecule has 2 N–H and O–H groups in total. The van der Waals surface area contributed by atoms with E-state index >= 15 is 0 Å². The molecule has 39 heavy (non-hydrogen) atoms. The van der Waals surface area contributed by atoms with Crippen LogP contribution in [0.15, 0.2) is 42.9 Å². The van der Waals surface area contributed by atoms with Crippen LogP contribution in [0.1, 0.15) is 37.4 Å². The summed E-state index contributed by atoms with van der Waals surface area (Å²) in [5.74, 6) is 0.440. The van der Waals surface area contributed by atoms with Crippen molar-refractivity contribution in [2.24, 2.45) is 0 Å². The molecule has 10 nitrogen and oxygen atoms in total. The zero-order chi connectivity index (χ0) is 27.5. The predicted octanol–water partition coefficient (Wildman–Crippen LogP) is 3.93. The van der Waals surface area contributed by atoms with Crippen molar-refractivity contribution in [1.82, 2.24) is 34.9 Å². The maximum absolute atomic E-state index is 14.5. The molecule has 2 unspecified atom stereocenters. The third-order valence-corrected chi connectivity index (χ3v) is 7.23. The van der Waals surface area contributed by atoms with Gasteiger partial charge in [-0.15, -0.1) is 0 Å². The van der Waals surface area contributed by atoms with Crippen molar-refractivity contribution >= 4 is 17.7 Å². The number of aromatic nitrogens is 4. The lowest BCUT2D eigenvalue weighted by atomic mass is 10.0. The first-order chi connectivity index (χ1) is 18.7. The molecular weight excluding hydrogens is 499 g/mol. The van der Waals surface area contributed by atoms with Crippen LogP contribution in [-0.4, -0.2) is 87.2 Å². The molecule has 5 rings (SSSR count). The number of halogens is 1. The number of benzene rings is 1. The molecule has 208 valence electrons. The van der Waals surface area contributed by atoms with Crippen LogP contribution in [0.25, 0.3) is 11.3 Å². The summed E-state index contributed by atoms with van der Waals surface area (Å²) in [6.45, 7) is 8.99. The zero-order valence-corrected chi connectivity index (χ0v) is 23.0. The van der Waals surface area contributed by atoms with Gasteiger partial charge in [-0.2, -0.15) is 5.10 Å². The molecule has 0 aliphatic carbocycles. The van der Waals surface area contributed by atoms with Crippen molar-refractivity contribution in [2.75, 3.05) is 38.5 Å². The Kier molecular flexibility index (Phi) is 8.08. The number of aryl methyl sites for hydroxylation is 1. The molecule has 1 aromatic carbocycles. The van der Waals surface area contributed by atoms with Gasteiger partial charge in [-0.3, -0.25) is 4.68 Å². The number of urea groups is 1. The van der Waals surface area contributed by atoms with Gasteiger partial charge in [0, 0.05) is 37.6 Å². The standard InChI is InChI=1S/C28H37FN8O2/c1-18(2)39-23-15-36(16-23)28(38)31-12-21-6-5-20(11-19(21)3)25-7-9-30-27(34-25)33-22-13-32-37(14-22)26-8-10-35(4)17-24(26)29/h5-7,9,11,13-14,18,23-24,26H,8,10,12,15-17H2,1-4H3,(H,31,38)(H,30,33,34). The highest BCUT2D eigenvalue weighted by Crippen LogP contribution is 2.27. The molecule has 2 atom stereocenters. The monoisotopic (exact) mass is 536 g/mol. The minimum absolute atomic E-state index is 0.0743. The van der Waals surface area contributed by atoms with Crippen molar-refractivity contribution in [3.05, 3.63) is 54.0 Å². The lowest BCUT2D eigenvalue weighted by Crippen LogP contribution is -2.58. The van der Waals surface area contributed by atoms with E-state index in [4.69, 9.17) is 4.74 Å². The SMILES string of the molecule is Cc1cc(-c2ccnc(Nc3cnn(C4CCN(C)CC4F)c3)n2)ccc1CNC(=O)N1CC(OC(C)C)C1. The molecule has 0 radical (unpaired) electrons. The summed E-state index contributed by atoms with van der Waals surface area (Å²) in [6.07, 6.45) is 5.24. The average Bonchev–Trinajstić information content (AvgIpc) is 3.33. The number of piperidine rings is 1. The Labute approximate surface area is 228 Å². The molecule has 2 amide bonds. The molecular formula is C28H37FN8O2. The van der Waals surface area contributed by atoms with E-state index in [1.807, 2.05) is 57.1 Å². The summed E-state index contributed by atoms with van der Waals surface area (Å²) >= 11 is 0. The summed E-state index contributed by atoms with van der Waals surface area (Å²) in [4.78, 5) is 25.2. The lowest BCUT2D eigenvalue weighted by molar-refractivity contribution is -0.0641. The molecule has 3 aromatic rings. The van der Waals surface area contributed by atoms with E-state index < -0.39 is 6.17 Å². The van der Waals surface area contributed by atoms with Gasteiger partial charge in [0.15, 0.2) is 0 Å². The fraction of sp³-hybridized carbons (Fsp3) is 0.500. The van der Waals surface area contributed by atoms with E-state index in [1.54, 1.807) is 22.0 Å². The number of carbonyl (C=O) groups is 1. The van der Waals surface area contributed by atoms with E-state index in [-0.39, 0.29) is 24.3 Å². The number of carbonyl (C=O) groups excluding carboxylic acids is 1. The maximum atomic E-state index is 14.5. The van der Waals surface area contributed by atoms with Crippen molar-refractivity contribution in [2.45, 2.75) is 58.2 Å². The van der Waals surface area contributed by atoms with Crippen LogP contribution in [0.4, 0.5) is 20.8 Å². The highest BCUT2D eigenvalue weighted by Gasteiger charge is 2.32. The maximum Gasteiger partial charge on any atom is 0.317 e. The van der Waals surface area contributed by atoms with Gasteiger partial charge < -0.3 is 25.2 Å². The third-order valence-electron chi connectivity index (χ3n) is 7.23. The molecule has 2 aliphatic rings. The van der Waals surface area contributed by atoms with Gasteiger partial charge in [0.1, 0.15) is 6.17 Å². The van der Waals surface area contributed by atoms with Crippen LogP contribution in [0.5, 0.6) is 0 Å². The molecule has 0 saturated carbocycles.